The van der Waals surface area contributed by atoms with Gasteiger partial charge in [0, 0.05) is 18.9 Å². The second-order valence-electron chi connectivity index (χ2n) is 6.85. The first kappa shape index (κ1) is 21.7. The Morgan fingerprint density at radius 1 is 1.14 bits per heavy atom. The van der Waals surface area contributed by atoms with Crippen molar-refractivity contribution in [2.45, 2.75) is 65.2 Å². The molecule has 0 aliphatic heterocycles. The van der Waals surface area contributed by atoms with E-state index in [1.165, 1.54) is 0 Å². The molecule has 0 aliphatic rings. The van der Waals surface area contributed by atoms with Crippen molar-refractivity contribution < 1.29 is 23.4 Å². The average Bonchev–Trinajstić information content (AvgIpc) is 2.34. The Hall–Kier alpha value is -0.280. The van der Waals surface area contributed by atoms with Gasteiger partial charge in [0.2, 0.25) is 0 Å². The molecule has 0 fully saturated rings. The minimum Gasteiger partial charge on any atom is -0.444 e. The van der Waals surface area contributed by atoms with Crippen molar-refractivity contribution in [3.05, 3.63) is 0 Å². The summed E-state index contributed by atoms with van der Waals surface area (Å²) in [5, 5.41) is 2.64. The van der Waals surface area contributed by atoms with E-state index in [1.54, 1.807) is 27.7 Å². The van der Waals surface area contributed by atoms with Crippen molar-refractivity contribution in [2.24, 2.45) is 5.92 Å². The van der Waals surface area contributed by atoms with Gasteiger partial charge < -0.3 is 19.1 Å². The van der Waals surface area contributed by atoms with E-state index in [-0.39, 0.29) is 18.3 Å². The number of carbonyl (C=O) groups excluding carboxylic acids is 2. The Morgan fingerprint density at radius 3 is 2.05 bits per heavy atom. The van der Waals surface area contributed by atoms with E-state index in [2.05, 4.69) is 24.3 Å². The number of alkyl carbamates (subject to hydrolysis) is 1. The van der Waals surface area contributed by atoms with Gasteiger partial charge in [-0.3, -0.25) is 4.79 Å². The summed E-state index contributed by atoms with van der Waals surface area (Å²) in [4.78, 5) is 24.7. The first-order valence-electron chi connectivity index (χ1n) is 7.18. The van der Waals surface area contributed by atoms with Gasteiger partial charge in [-0.15, -0.1) is 0 Å². The third-order valence-electron chi connectivity index (χ3n) is 2.85. The van der Waals surface area contributed by atoms with Crippen molar-refractivity contribution in [1.29, 1.82) is 0 Å². The van der Waals surface area contributed by atoms with Gasteiger partial charge in [0.15, 0.2) is 11.4 Å². The number of Topliss-reactive ketones (excluding diaryl/α,β-unsaturated/α-hetero) is 1. The van der Waals surface area contributed by atoms with Gasteiger partial charge in [-0.1, -0.05) is 13.8 Å². The SMILES string of the molecule is CC(C)C[C@H](NC(=O)OC(C)(C)C)C(=O)[C@@](C)(COP)OP. The van der Waals surface area contributed by atoms with Crippen LogP contribution in [0.2, 0.25) is 0 Å². The third-order valence-corrected chi connectivity index (χ3v) is 3.54. The maximum absolute atomic E-state index is 12.7. The van der Waals surface area contributed by atoms with Crippen LogP contribution in [0.25, 0.3) is 0 Å². The lowest BCUT2D eigenvalue weighted by Gasteiger charge is -2.31. The quantitative estimate of drug-likeness (QED) is 0.679. The number of ketones is 1. The van der Waals surface area contributed by atoms with Crippen molar-refractivity contribution in [2.75, 3.05) is 6.61 Å². The summed E-state index contributed by atoms with van der Waals surface area (Å²) >= 11 is 0. The molecule has 0 saturated carbocycles. The molecule has 0 bridgehead atoms. The van der Waals surface area contributed by atoms with E-state index >= 15 is 0 Å². The highest BCUT2D eigenvalue weighted by atomic mass is 31.0. The molecular formula is C14H29NO5P2. The van der Waals surface area contributed by atoms with Gasteiger partial charge >= 0.3 is 6.09 Å². The van der Waals surface area contributed by atoms with Crippen LogP contribution in [0.1, 0.15) is 48.0 Å². The summed E-state index contributed by atoms with van der Waals surface area (Å²) in [5.41, 5.74) is -1.79. The highest BCUT2D eigenvalue weighted by molar-refractivity contribution is 7.10. The fourth-order valence-electron chi connectivity index (χ4n) is 1.84. The highest BCUT2D eigenvalue weighted by Gasteiger charge is 2.39. The number of carbonyl (C=O) groups is 2. The number of amides is 1. The van der Waals surface area contributed by atoms with Gasteiger partial charge in [-0.2, -0.15) is 0 Å². The molecule has 0 aromatic rings. The zero-order valence-corrected chi connectivity index (χ0v) is 16.6. The molecule has 0 spiro atoms. The molecule has 0 aliphatic carbocycles. The highest BCUT2D eigenvalue weighted by Crippen LogP contribution is 2.22. The zero-order valence-electron chi connectivity index (χ0n) is 14.3. The van der Waals surface area contributed by atoms with Crippen molar-refractivity contribution in [3.63, 3.8) is 0 Å². The molecule has 0 aromatic heterocycles. The zero-order chi connectivity index (χ0) is 17.6. The number of rotatable bonds is 8. The molecular weight excluding hydrogens is 324 g/mol. The molecule has 0 aromatic carbocycles. The second kappa shape index (κ2) is 9.12. The molecule has 0 rings (SSSR count). The number of ether oxygens (including phenoxy) is 1. The molecule has 22 heavy (non-hydrogen) atoms. The van der Waals surface area contributed by atoms with E-state index in [0.717, 1.165) is 0 Å². The molecule has 0 radical (unpaired) electrons. The van der Waals surface area contributed by atoms with Crippen LogP contribution in [0.3, 0.4) is 0 Å². The molecule has 0 saturated heterocycles. The van der Waals surface area contributed by atoms with Crippen LogP contribution in [0.15, 0.2) is 0 Å². The van der Waals surface area contributed by atoms with Crippen molar-refractivity contribution in [1.82, 2.24) is 5.32 Å². The summed E-state index contributed by atoms with van der Waals surface area (Å²) < 4.78 is 15.4. The molecule has 1 amide bonds. The topological polar surface area (TPSA) is 73.9 Å². The van der Waals surface area contributed by atoms with Gasteiger partial charge in [-0.05, 0) is 40.0 Å². The summed E-state index contributed by atoms with van der Waals surface area (Å²) in [6, 6.07) is -0.708. The predicted molar refractivity (Wildman–Crippen MR) is 92.5 cm³/mol. The number of hydrogen-bond acceptors (Lipinski definition) is 5. The Labute approximate surface area is 138 Å². The molecule has 4 atom stereocenters. The van der Waals surface area contributed by atoms with Crippen LogP contribution in [-0.2, 0) is 18.6 Å². The summed E-state index contributed by atoms with van der Waals surface area (Å²) in [6.07, 6.45) is -0.136. The molecule has 1 N–H and O–H groups in total. The van der Waals surface area contributed by atoms with E-state index in [0.29, 0.717) is 6.42 Å². The van der Waals surface area contributed by atoms with Crippen LogP contribution < -0.4 is 5.32 Å². The average molecular weight is 353 g/mol. The standard InChI is InChI=1S/C14H29NO5P2/c1-9(2)7-10(15-12(17)19-13(3,4)5)11(16)14(6,20-22)8-18-21/h9-10H,7-8,21-22H2,1-6H3,(H,15,17)/t10-,14+/m0/s1. The number of nitrogens with one attached hydrogen (secondary N) is 1. The first-order valence-corrected chi connectivity index (χ1v) is 8.13. The van der Waals surface area contributed by atoms with Gasteiger partial charge in [0.25, 0.3) is 0 Å². The van der Waals surface area contributed by atoms with Crippen LogP contribution >= 0.6 is 18.9 Å². The minimum atomic E-state index is -1.17. The van der Waals surface area contributed by atoms with Crippen molar-refractivity contribution >= 4 is 30.8 Å². The van der Waals surface area contributed by atoms with Crippen LogP contribution in [0.4, 0.5) is 4.79 Å². The Bertz CT molecular complexity index is 384. The van der Waals surface area contributed by atoms with Gasteiger partial charge in [-0.25, -0.2) is 4.79 Å². The monoisotopic (exact) mass is 353 g/mol. The van der Waals surface area contributed by atoms with E-state index < -0.39 is 23.3 Å². The molecule has 2 unspecified atom stereocenters. The van der Waals surface area contributed by atoms with E-state index in [4.69, 9.17) is 13.8 Å². The molecule has 8 heteroatoms. The maximum Gasteiger partial charge on any atom is 0.408 e. The maximum atomic E-state index is 12.7. The van der Waals surface area contributed by atoms with Gasteiger partial charge in [0.1, 0.15) is 5.60 Å². The van der Waals surface area contributed by atoms with Crippen LogP contribution in [0, 0.1) is 5.92 Å². The fourth-order valence-corrected chi connectivity index (χ4v) is 2.35. The minimum absolute atomic E-state index is 0.0601. The normalized spacial score (nSPS) is 16.0. The lowest BCUT2D eigenvalue weighted by molar-refractivity contribution is -0.137. The fraction of sp³-hybridized carbons (Fsp3) is 0.857. The van der Waals surface area contributed by atoms with Crippen molar-refractivity contribution in [3.8, 4) is 0 Å². The lowest BCUT2D eigenvalue weighted by Crippen LogP contribution is -2.53. The molecule has 130 valence electrons. The van der Waals surface area contributed by atoms with Gasteiger partial charge in [0.05, 0.1) is 12.6 Å². The lowest BCUT2D eigenvalue weighted by atomic mass is 9.90. The van der Waals surface area contributed by atoms with Crippen LogP contribution in [-0.4, -0.2) is 35.7 Å². The Balaban J connectivity index is 5.11. The first-order chi connectivity index (χ1) is 9.95. The summed E-state index contributed by atoms with van der Waals surface area (Å²) in [5.74, 6) is -0.0425. The smallest absolute Gasteiger partial charge is 0.408 e. The summed E-state index contributed by atoms with van der Waals surface area (Å²) in [6.45, 7) is 10.9. The second-order valence-corrected chi connectivity index (χ2v) is 7.42. The predicted octanol–water partition coefficient (Wildman–Crippen LogP) is 2.87. The Kier molecular flexibility index (Phi) is 9.01. The van der Waals surface area contributed by atoms with E-state index in [9.17, 15) is 9.59 Å². The summed E-state index contributed by atoms with van der Waals surface area (Å²) in [7, 11) is 4.17. The van der Waals surface area contributed by atoms with Crippen LogP contribution in [0.5, 0.6) is 0 Å². The third kappa shape index (κ3) is 7.82. The number of hydrogen-bond donors (Lipinski definition) is 1. The molecule has 0 heterocycles. The van der Waals surface area contributed by atoms with E-state index in [1.807, 2.05) is 13.8 Å². The largest absolute Gasteiger partial charge is 0.444 e. The Morgan fingerprint density at radius 2 is 1.68 bits per heavy atom. The molecule has 6 nitrogen and oxygen atoms in total.